The summed E-state index contributed by atoms with van der Waals surface area (Å²) in [5, 5.41) is 11.5. The van der Waals surface area contributed by atoms with Gasteiger partial charge in [-0.2, -0.15) is 0 Å². The van der Waals surface area contributed by atoms with Crippen LogP contribution in [0.3, 0.4) is 0 Å². The Balaban J connectivity index is 1.49. The Kier molecular flexibility index (Phi) is 5.31. The molecule has 0 saturated heterocycles. The molecular formula is C21H17ClN4O3. The Morgan fingerprint density at radius 1 is 1.10 bits per heavy atom. The first-order valence-corrected chi connectivity index (χ1v) is 9.19. The van der Waals surface area contributed by atoms with Crippen molar-refractivity contribution in [2.75, 3.05) is 12.4 Å². The third-order valence-electron chi connectivity index (χ3n) is 4.24. The van der Waals surface area contributed by atoms with E-state index in [0.717, 1.165) is 5.56 Å². The minimum Gasteiger partial charge on any atom is -0.495 e. The van der Waals surface area contributed by atoms with Crippen LogP contribution in [0.5, 0.6) is 5.75 Å². The predicted molar refractivity (Wildman–Crippen MR) is 110 cm³/mol. The van der Waals surface area contributed by atoms with Crippen LogP contribution in [0, 0.1) is 0 Å². The second-order valence-corrected chi connectivity index (χ2v) is 6.60. The van der Waals surface area contributed by atoms with Crippen molar-refractivity contribution < 1.29 is 13.9 Å². The Labute approximate surface area is 171 Å². The minimum absolute atomic E-state index is 0.0784. The highest BCUT2D eigenvalue weighted by Crippen LogP contribution is 2.27. The first-order chi connectivity index (χ1) is 14.1. The number of rotatable bonds is 6. The van der Waals surface area contributed by atoms with E-state index in [1.54, 1.807) is 29.0 Å². The summed E-state index contributed by atoms with van der Waals surface area (Å²) in [4.78, 5) is 12.5. The maximum atomic E-state index is 12.5. The molecule has 4 aromatic rings. The highest BCUT2D eigenvalue weighted by atomic mass is 35.5. The largest absolute Gasteiger partial charge is 0.495 e. The summed E-state index contributed by atoms with van der Waals surface area (Å²) in [6.45, 7) is 0.0784. The average Bonchev–Trinajstić information content (AvgIpc) is 3.38. The van der Waals surface area contributed by atoms with Gasteiger partial charge in [0.2, 0.25) is 11.8 Å². The van der Waals surface area contributed by atoms with Gasteiger partial charge in [0.05, 0.1) is 12.1 Å². The number of ether oxygens (including phenoxy) is 1. The Morgan fingerprint density at radius 3 is 2.66 bits per heavy atom. The van der Waals surface area contributed by atoms with Gasteiger partial charge in [-0.3, -0.25) is 4.79 Å². The van der Waals surface area contributed by atoms with Crippen LogP contribution in [-0.4, -0.2) is 27.8 Å². The molecule has 2 aromatic carbocycles. The first kappa shape index (κ1) is 18.8. The first-order valence-electron chi connectivity index (χ1n) is 8.82. The molecule has 0 aliphatic rings. The molecule has 2 heterocycles. The number of anilines is 1. The number of hydrogen-bond donors (Lipinski definition) is 1. The van der Waals surface area contributed by atoms with Crippen molar-refractivity contribution in [3.05, 3.63) is 71.9 Å². The molecule has 0 aliphatic heterocycles. The van der Waals surface area contributed by atoms with Gasteiger partial charge in [-0.05, 0) is 42.5 Å². The summed E-state index contributed by atoms with van der Waals surface area (Å²) < 4.78 is 12.6. The van der Waals surface area contributed by atoms with Gasteiger partial charge in [-0.15, -0.1) is 10.2 Å². The highest BCUT2D eigenvalue weighted by Gasteiger charge is 2.15. The molecule has 0 spiro atoms. The number of hydrogen-bond acceptors (Lipinski definition) is 5. The summed E-state index contributed by atoms with van der Waals surface area (Å²) in [5.41, 5.74) is 2.07. The molecule has 4 rings (SSSR count). The van der Waals surface area contributed by atoms with E-state index in [9.17, 15) is 4.79 Å². The molecule has 0 radical (unpaired) electrons. The molecule has 1 N–H and O–H groups in total. The van der Waals surface area contributed by atoms with Crippen LogP contribution in [0.2, 0.25) is 5.02 Å². The van der Waals surface area contributed by atoms with Crippen LogP contribution in [0.1, 0.15) is 0 Å². The maximum absolute atomic E-state index is 12.5. The summed E-state index contributed by atoms with van der Waals surface area (Å²) in [6, 6.07) is 18.2. The van der Waals surface area contributed by atoms with Crippen LogP contribution in [0.25, 0.3) is 23.0 Å². The van der Waals surface area contributed by atoms with Crippen LogP contribution < -0.4 is 10.1 Å². The quantitative estimate of drug-likeness (QED) is 0.507. The average molecular weight is 409 g/mol. The molecule has 29 heavy (non-hydrogen) atoms. The van der Waals surface area contributed by atoms with Gasteiger partial charge in [0.1, 0.15) is 18.0 Å². The second-order valence-electron chi connectivity index (χ2n) is 6.20. The van der Waals surface area contributed by atoms with E-state index >= 15 is 0 Å². The number of halogens is 1. The summed E-state index contributed by atoms with van der Waals surface area (Å²) >= 11 is 6.10. The lowest BCUT2D eigenvalue weighted by Gasteiger charge is -2.10. The van der Waals surface area contributed by atoms with E-state index in [2.05, 4.69) is 15.5 Å². The number of methoxy groups -OCH3 is 1. The van der Waals surface area contributed by atoms with Gasteiger partial charge in [-0.25, -0.2) is 0 Å². The fourth-order valence-corrected chi connectivity index (χ4v) is 3.13. The molecular weight excluding hydrogens is 392 g/mol. The van der Waals surface area contributed by atoms with E-state index in [1.807, 2.05) is 42.5 Å². The molecule has 0 unspecified atom stereocenters. The van der Waals surface area contributed by atoms with Crippen molar-refractivity contribution in [3.63, 3.8) is 0 Å². The Hall–Kier alpha value is -3.58. The van der Waals surface area contributed by atoms with Gasteiger partial charge in [0.15, 0.2) is 0 Å². The zero-order valence-corrected chi connectivity index (χ0v) is 16.3. The van der Waals surface area contributed by atoms with Gasteiger partial charge in [-0.1, -0.05) is 29.8 Å². The lowest BCUT2D eigenvalue weighted by atomic mass is 10.2. The Bertz CT molecular complexity index is 1140. The van der Waals surface area contributed by atoms with Gasteiger partial charge in [0, 0.05) is 17.4 Å². The molecule has 0 bridgehead atoms. The minimum atomic E-state index is -0.216. The molecule has 2 aromatic heterocycles. The number of aromatic nitrogens is 3. The second kappa shape index (κ2) is 8.20. The Morgan fingerprint density at radius 2 is 1.90 bits per heavy atom. The topological polar surface area (TPSA) is 82.2 Å². The highest BCUT2D eigenvalue weighted by molar-refractivity contribution is 6.32. The predicted octanol–water partition coefficient (Wildman–Crippen LogP) is 4.51. The number of carbonyl (C=O) groups excluding carboxylic acids is 1. The SMILES string of the molecule is COc1ccc(NC(=O)Cn2cccc2-c2nnc(-c3ccccc3)o2)cc1Cl. The molecule has 1 amide bonds. The number of carbonyl (C=O) groups is 1. The number of benzene rings is 2. The van der Waals surface area contributed by atoms with Crippen molar-refractivity contribution in [3.8, 4) is 28.8 Å². The third kappa shape index (κ3) is 4.14. The number of nitrogens with one attached hydrogen (secondary N) is 1. The van der Waals surface area contributed by atoms with Crippen molar-refractivity contribution in [1.82, 2.24) is 14.8 Å². The van der Waals surface area contributed by atoms with Crippen LogP contribution >= 0.6 is 11.6 Å². The van der Waals surface area contributed by atoms with Gasteiger partial charge >= 0.3 is 0 Å². The molecule has 8 heteroatoms. The normalized spacial score (nSPS) is 10.7. The lowest BCUT2D eigenvalue weighted by molar-refractivity contribution is -0.116. The van der Waals surface area contributed by atoms with Crippen LogP contribution in [0.15, 0.2) is 71.3 Å². The summed E-state index contributed by atoms with van der Waals surface area (Å²) in [5.74, 6) is 1.09. The molecule has 7 nitrogen and oxygen atoms in total. The van der Waals surface area contributed by atoms with Gasteiger partial charge < -0.3 is 19.0 Å². The lowest BCUT2D eigenvalue weighted by Crippen LogP contribution is -2.18. The van der Waals surface area contributed by atoms with Crippen molar-refractivity contribution in [1.29, 1.82) is 0 Å². The number of nitrogens with zero attached hydrogens (tertiary/aromatic N) is 3. The molecule has 0 fully saturated rings. The standard InChI is InChI=1S/C21H17ClN4O3/c1-28-18-10-9-15(12-16(18)22)23-19(27)13-26-11-5-8-17(26)21-25-24-20(29-21)14-6-3-2-4-7-14/h2-12H,13H2,1H3,(H,23,27). The molecule has 146 valence electrons. The monoisotopic (exact) mass is 408 g/mol. The zero-order valence-electron chi connectivity index (χ0n) is 15.5. The van der Waals surface area contributed by atoms with Crippen molar-refractivity contribution in [2.45, 2.75) is 6.54 Å². The maximum Gasteiger partial charge on any atom is 0.264 e. The van der Waals surface area contributed by atoms with Gasteiger partial charge in [0.25, 0.3) is 5.89 Å². The summed E-state index contributed by atoms with van der Waals surface area (Å²) in [7, 11) is 1.54. The number of amides is 1. The smallest absolute Gasteiger partial charge is 0.264 e. The third-order valence-corrected chi connectivity index (χ3v) is 4.54. The van der Waals surface area contributed by atoms with Crippen LogP contribution in [-0.2, 0) is 11.3 Å². The fourth-order valence-electron chi connectivity index (χ4n) is 2.87. The molecule has 0 atom stereocenters. The van der Waals surface area contributed by atoms with E-state index < -0.39 is 0 Å². The molecule has 0 saturated carbocycles. The zero-order chi connectivity index (χ0) is 20.2. The van der Waals surface area contributed by atoms with E-state index in [0.29, 0.717) is 33.9 Å². The fraction of sp³-hybridized carbons (Fsp3) is 0.0952. The summed E-state index contributed by atoms with van der Waals surface area (Å²) in [6.07, 6.45) is 1.78. The van der Waals surface area contributed by atoms with Crippen molar-refractivity contribution >= 4 is 23.2 Å². The van der Waals surface area contributed by atoms with E-state index in [1.165, 1.54) is 7.11 Å². The van der Waals surface area contributed by atoms with E-state index in [-0.39, 0.29) is 12.5 Å². The van der Waals surface area contributed by atoms with Crippen LogP contribution in [0.4, 0.5) is 5.69 Å². The molecule has 0 aliphatic carbocycles. The van der Waals surface area contributed by atoms with Crippen molar-refractivity contribution in [2.24, 2.45) is 0 Å². The van der Waals surface area contributed by atoms with E-state index in [4.69, 9.17) is 20.8 Å².